The molecule has 21 heavy (non-hydrogen) atoms. The number of ether oxygens (including phenoxy) is 2. The summed E-state index contributed by atoms with van der Waals surface area (Å²) in [5.74, 6) is -1.09. The lowest BCUT2D eigenvalue weighted by molar-refractivity contribution is 0.0169. The zero-order valence-corrected chi connectivity index (χ0v) is 11.9. The van der Waals surface area contributed by atoms with Gasteiger partial charge in [0, 0.05) is 18.7 Å². The molecule has 6 nitrogen and oxygen atoms in total. The second kappa shape index (κ2) is 7.08. The van der Waals surface area contributed by atoms with E-state index < -0.39 is 5.97 Å². The summed E-state index contributed by atoms with van der Waals surface area (Å²) in [6, 6.07) is 4.23. The Morgan fingerprint density at radius 1 is 1.33 bits per heavy atom. The zero-order valence-electron chi connectivity index (χ0n) is 11.9. The highest BCUT2D eigenvalue weighted by Gasteiger charge is 2.17. The van der Waals surface area contributed by atoms with Crippen molar-refractivity contribution >= 4 is 11.9 Å². The van der Waals surface area contributed by atoms with Crippen molar-refractivity contribution in [3.05, 3.63) is 29.3 Å². The number of carboxylic acids is 1. The number of hydrogen-bond donors (Lipinski definition) is 2. The molecule has 0 aliphatic carbocycles. The fourth-order valence-corrected chi connectivity index (χ4v) is 2.25. The predicted octanol–water partition coefficient (Wildman–Crippen LogP) is 1.69. The summed E-state index contributed by atoms with van der Waals surface area (Å²) in [5, 5.41) is 11.8. The summed E-state index contributed by atoms with van der Waals surface area (Å²) in [6.45, 7) is 1.15. The van der Waals surface area contributed by atoms with Gasteiger partial charge in [-0.1, -0.05) is 0 Å². The summed E-state index contributed by atoms with van der Waals surface area (Å²) < 4.78 is 10.6. The number of nitrogens with one attached hydrogen (secondary N) is 1. The van der Waals surface area contributed by atoms with E-state index in [2.05, 4.69) is 5.32 Å². The molecule has 6 heteroatoms. The van der Waals surface area contributed by atoms with Crippen LogP contribution in [-0.2, 0) is 4.74 Å². The van der Waals surface area contributed by atoms with E-state index in [1.165, 1.54) is 25.3 Å². The number of rotatable bonds is 5. The fourth-order valence-electron chi connectivity index (χ4n) is 2.25. The number of hydrogen-bond acceptors (Lipinski definition) is 4. The van der Waals surface area contributed by atoms with E-state index in [1.54, 1.807) is 0 Å². The van der Waals surface area contributed by atoms with E-state index >= 15 is 0 Å². The van der Waals surface area contributed by atoms with Gasteiger partial charge in [-0.25, -0.2) is 4.79 Å². The molecule has 0 unspecified atom stereocenters. The van der Waals surface area contributed by atoms with Gasteiger partial charge in [-0.2, -0.15) is 0 Å². The molecule has 1 aromatic carbocycles. The molecule has 1 saturated heterocycles. The first-order valence-corrected chi connectivity index (χ1v) is 6.92. The second-order valence-electron chi connectivity index (χ2n) is 4.95. The maximum absolute atomic E-state index is 12.1. The Bertz CT molecular complexity index is 523. The van der Waals surface area contributed by atoms with Gasteiger partial charge >= 0.3 is 5.97 Å². The Balaban J connectivity index is 2.03. The number of methoxy groups -OCH3 is 1. The molecule has 1 aliphatic heterocycles. The normalized spacial score (nSPS) is 18.0. The Labute approximate surface area is 123 Å². The van der Waals surface area contributed by atoms with Gasteiger partial charge in [0.05, 0.1) is 18.8 Å². The Morgan fingerprint density at radius 2 is 2.10 bits per heavy atom. The number of carbonyl (C=O) groups is 2. The summed E-state index contributed by atoms with van der Waals surface area (Å²) in [6.07, 6.45) is 3.12. The SMILES string of the molecule is COc1cc(C(=O)O)cc(C(=O)NC[C@@H]2CCCCO2)c1. The molecule has 1 atom stereocenters. The van der Waals surface area contributed by atoms with E-state index in [1.807, 2.05) is 0 Å². The highest BCUT2D eigenvalue weighted by molar-refractivity contribution is 5.98. The van der Waals surface area contributed by atoms with Crippen LogP contribution in [0.1, 0.15) is 40.0 Å². The van der Waals surface area contributed by atoms with Crippen molar-refractivity contribution in [3.63, 3.8) is 0 Å². The monoisotopic (exact) mass is 293 g/mol. The van der Waals surface area contributed by atoms with Crippen molar-refractivity contribution in [2.75, 3.05) is 20.3 Å². The first-order valence-electron chi connectivity index (χ1n) is 6.92. The highest BCUT2D eigenvalue weighted by Crippen LogP contribution is 2.17. The number of amides is 1. The molecule has 0 spiro atoms. The number of carboxylic acid groups (broad SMARTS) is 1. The van der Waals surface area contributed by atoms with Crippen LogP contribution in [0.5, 0.6) is 5.75 Å². The summed E-state index contributed by atoms with van der Waals surface area (Å²) in [5.41, 5.74) is 0.288. The molecule has 1 amide bonds. The van der Waals surface area contributed by atoms with Gasteiger partial charge in [-0.05, 0) is 37.5 Å². The van der Waals surface area contributed by atoms with E-state index in [9.17, 15) is 9.59 Å². The summed E-state index contributed by atoms with van der Waals surface area (Å²) in [4.78, 5) is 23.2. The third kappa shape index (κ3) is 4.19. The molecule has 2 N–H and O–H groups in total. The van der Waals surface area contributed by atoms with Crippen LogP contribution in [-0.4, -0.2) is 43.3 Å². The number of aromatic carboxylic acids is 1. The van der Waals surface area contributed by atoms with Crippen molar-refractivity contribution in [1.29, 1.82) is 0 Å². The minimum Gasteiger partial charge on any atom is -0.497 e. The molecular weight excluding hydrogens is 274 g/mol. The average molecular weight is 293 g/mol. The number of carbonyl (C=O) groups excluding carboxylic acids is 1. The average Bonchev–Trinajstić information content (AvgIpc) is 2.53. The van der Waals surface area contributed by atoms with E-state index in [0.717, 1.165) is 25.9 Å². The third-order valence-electron chi connectivity index (χ3n) is 3.42. The van der Waals surface area contributed by atoms with Crippen LogP contribution < -0.4 is 10.1 Å². The van der Waals surface area contributed by atoms with Gasteiger partial charge in [0.15, 0.2) is 0 Å². The number of benzene rings is 1. The first kappa shape index (κ1) is 15.3. The molecule has 1 aromatic rings. The predicted molar refractivity (Wildman–Crippen MR) is 75.9 cm³/mol. The van der Waals surface area contributed by atoms with Crippen molar-refractivity contribution in [2.45, 2.75) is 25.4 Å². The Morgan fingerprint density at radius 3 is 2.71 bits per heavy atom. The molecule has 0 radical (unpaired) electrons. The van der Waals surface area contributed by atoms with Crippen LogP contribution in [0.15, 0.2) is 18.2 Å². The zero-order chi connectivity index (χ0) is 15.2. The molecule has 1 heterocycles. The van der Waals surface area contributed by atoms with Gasteiger partial charge in [0.1, 0.15) is 5.75 Å². The molecule has 2 rings (SSSR count). The van der Waals surface area contributed by atoms with Gasteiger partial charge < -0.3 is 19.9 Å². The lowest BCUT2D eigenvalue weighted by atomic mass is 10.1. The lowest BCUT2D eigenvalue weighted by Gasteiger charge is -2.22. The highest BCUT2D eigenvalue weighted by atomic mass is 16.5. The minimum absolute atomic E-state index is 0.0217. The summed E-state index contributed by atoms with van der Waals surface area (Å²) >= 11 is 0. The first-order chi connectivity index (χ1) is 10.1. The quantitative estimate of drug-likeness (QED) is 0.863. The van der Waals surface area contributed by atoms with Crippen LogP contribution >= 0.6 is 0 Å². The Hall–Kier alpha value is -2.08. The minimum atomic E-state index is -1.10. The van der Waals surface area contributed by atoms with E-state index in [-0.39, 0.29) is 23.1 Å². The van der Waals surface area contributed by atoms with Crippen LogP contribution in [0, 0.1) is 0 Å². The van der Waals surface area contributed by atoms with Gasteiger partial charge in [0.2, 0.25) is 0 Å². The molecule has 114 valence electrons. The maximum atomic E-state index is 12.1. The third-order valence-corrected chi connectivity index (χ3v) is 3.42. The van der Waals surface area contributed by atoms with Gasteiger partial charge in [-0.3, -0.25) is 4.79 Å². The van der Waals surface area contributed by atoms with E-state index in [0.29, 0.717) is 12.3 Å². The van der Waals surface area contributed by atoms with Gasteiger partial charge in [0.25, 0.3) is 5.91 Å². The second-order valence-corrected chi connectivity index (χ2v) is 4.95. The molecule has 0 saturated carbocycles. The van der Waals surface area contributed by atoms with Crippen LogP contribution in [0.2, 0.25) is 0 Å². The van der Waals surface area contributed by atoms with Crippen LogP contribution in [0.25, 0.3) is 0 Å². The topological polar surface area (TPSA) is 84.9 Å². The maximum Gasteiger partial charge on any atom is 0.335 e. The largest absolute Gasteiger partial charge is 0.497 e. The molecule has 0 aromatic heterocycles. The van der Waals surface area contributed by atoms with Crippen molar-refractivity contribution in [2.24, 2.45) is 0 Å². The molecular formula is C15H19NO5. The smallest absolute Gasteiger partial charge is 0.335 e. The lowest BCUT2D eigenvalue weighted by Crippen LogP contribution is -2.35. The Kier molecular flexibility index (Phi) is 5.16. The standard InChI is InChI=1S/C15H19NO5/c1-20-13-7-10(6-11(8-13)15(18)19)14(17)16-9-12-4-2-3-5-21-12/h6-8,12H,2-5,9H2,1H3,(H,16,17)(H,18,19)/t12-/m0/s1. The van der Waals surface area contributed by atoms with Crippen LogP contribution in [0.4, 0.5) is 0 Å². The van der Waals surface area contributed by atoms with Crippen molar-refractivity contribution < 1.29 is 24.2 Å². The molecule has 0 bridgehead atoms. The van der Waals surface area contributed by atoms with Crippen molar-refractivity contribution in [1.82, 2.24) is 5.32 Å². The van der Waals surface area contributed by atoms with Gasteiger partial charge in [-0.15, -0.1) is 0 Å². The summed E-state index contributed by atoms with van der Waals surface area (Å²) in [7, 11) is 1.43. The van der Waals surface area contributed by atoms with Crippen molar-refractivity contribution in [3.8, 4) is 5.75 Å². The molecule has 1 aliphatic rings. The van der Waals surface area contributed by atoms with Crippen LogP contribution in [0.3, 0.4) is 0 Å². The van der Waals surface area contributed by atoms with E-state index in [4.69, 9.17) is 14.6 Å². The fraction of sp³-hybridized carbons (Fsp3) is 0.467. The molecule has 1 fully saturated rings.